The van der Waals surface area contributed by atoms with Gasteiger partial charge in [0.1, 0.15) is 24.4 Å². The van der Waals surface area contributed by atoms with Crippen LogP contribution in [0.15, 0.2) is 0 Å². The summed E-state index contributed by atoms with van der Waals surface area (Å²) < 4.78 is 28.7. The number of hydrogen-bond donors (Lipinski definition) is 2. The lowest BCUT2D eigenvalue weighted by atomic mass is 10.1. The fraction of sp³-hybridized carbons (Fsp3) is 1.00. The fourth-order valence-electron chi connectivity index (χ4n) is 2.91. The molecule has 0 amide bonds. The van der Waals surface area contributed by atoms with Gasteiger partial charge in [-0.15, -0.1) is 0 Å². The molecule has 3 fully saturated rings. The summed E-state index contributed by atoms with van der Waals surface area (Å²) in [5, 5.41) is 9.16. The Labute approximate surface area is 112 Å². The van der Waals surface area contributed by atoms with Crippen molar-refractivity contribution in [3.8, 4) is 0 Å². The summed E-state index contributed by atoms with van der Waals surface area (Å²) in [6.45, 7) is 7.83. The zero-order valence-electron chi connectivity index (χ0n) is 11.6. The van der Waals surface area contributed by atoms with Crippen molar-refractivity contribution in [3.05, 3.63) is 0 Å². The maximum atomic E-state index is 9.16. The number of fused-ring (bicyclic) bond motifs is 1. The third-order valence-corrected chi connectivity index (χ3v) is 3.61. The van der Waals surface area contributed by atoms with Crippen LogP contribution in [0.5, 0.6) is 0 Å². The third kappa shape index (κ3) is 2.40. The summed E-state index contributed by atoms with van der Waals surface area (Å²) in [5.74, 6) is -1.31. The van der Waals surface area contributed by atoms with Gasteiger partial charge in [-0.1, -0.05) is 0 Å². The second-order valence-corrected chi connectivity index (χ2v) is 6.08. The van der Waals surface area contributed by atoms with Crippen LogP contribution in [0.3, 0.4) is 0 Å². The molecule has 0 aromatic rings. The van der Waals surface area contributed by atoms with E-state index in [4.69, 9.17) is 28.9 Å². The van der Waals surface area contributed by atoms with E-state index < -0.39 is 17.8 Å². The maximum absolute atomic E-state index is 9.16. The largest absolute Gasteiger partial charge is 0.350 e. The molecule has 0 radical (unpaired) electrons. The van der Waals surface area contributed by atoms with Crippen LogP contribution in [0, 0.1) is 0 Å². The van der Waals surface area contributed by atoms with Crippen molar-refractivity contribution in [2.45, 2.75) is 69.9 Å². The van der Waals surface area contributed by atoms with Crippen LogP contribution in [0.25, 0.3) is 0 Å². The molecule has 7 heteroatoms. The van der Waals surface area contributed by atoms with Crippen molar-refractivity contribution in [2.24, 2.45) is 0 Å². The van der Waals surface area contributed by atoms with Gasteiger partial charge in [-0.3, -0.25) is 0 Å². The summed E-state index contributed by atoms with van der Waals surface area (Å²) in [4.78, 5) is 0. The summed E-state index contributed by atoms with van der Waals surface area (Å²) in [6, 6.07) is 0. The average Bonchev–Trinajstić information content (AvgIpc) is 2.89. The van der Waals surface area contributed by atoms with E-state index in [0.717, 1.165) is 0 Å². The molecule has 19 heavy (non-hydrogen) atoms. The van der Waals surface area contributed by atoms with E-state index in [1.54, 1.807) is 0 Å². The maximum Gasteiger partial charge on any atom is 0.164 e. The zero-order chi connectivity index (χ0) is 13.8. The molecule has 0 saturated carbocycles. The number of ether oxygens (including phenoxy) is 5. The minimum Gasteiger partial charge on any atom is -0.350 e. The van der Waals surface area contributed by atoms with E-state index in [-0.39, 0.29) is 24.4 Å². The summed E-state index contributed by atoms with van der Waals surface area (Å²) in [5.41, 5.74) is 2.12. The Bertz CT molecular complexity index is 360. The number of nitrogens with one attached hydrogen (secondary N) is 1. The smallest absolute Gasteiger partial charge is 0.164 e. The number of hydroxylamine groups is 1. The van der Waals surface area contributed by atoms with Crippen LogP contribution in [0.4, 0.5) is 0 Å². The Morgan fingerprint density at radius 2 is 1.63 bits per heavy atom. The molecule has 0 aliphatic carbocycles. The first-order valence-electron chi connectivity index (χ1n) is 6.54. The zero-order valence-corrected chi connectivity index (χ0v) is 11.6. The molecule has 5 atom stereocenters. The van der Waals surface area contributed by atoms with Crippen molar-refractivity contribution in [1.82, 2.24) is 5.48 Å². The Hall–Kier alpha value is -0.280. The summed E-state index contributed by atoms with van der Waals surface area (Å²) in [6.07, 6.45) is -1.85. The minimum absolute atomic E-state index is 0.238. The van der Waals surface area contributed by atoms with Crippen molar-refractivity contribution in [1.29, 1.82) is 0 Å². The molecule has 3 aliphatic heterocycles. The Morgan fingerprint density at radius 1 is 0.947 bits per heavy atom. The molecule has 3 rings (SSSR count). The molecule has 0 unspecified atom stereocenters. The van der Waals surface area contributed by atoms with Gasteiger partial charge in [0.2, 0.25) is 0 Å². The second kappa shape index (κ2) is 4.36. The molecule has 0 aromatic heterocycles. The monoisotopic (exact) mass is 275 g/mol. The van der Waals surface area contributed by atoms with Crippen LogP contribution >= 0.6 is 0 Å². The lowest BCUT2D eigenvalue weighted by Gasteiger charge is -2.26. The first-order chi connectivity index (χ1) is 8.81. The highest BCUT2D eigenvalue weighted by Crippen LogP contribution is 2.41. The van der Waals surface area contributed by atoms with Gasteiger partial charge in [0.05, 0.1) is 6.61 Å². The van der Waals surface area contributed by atoms with E-state index in [1.165, 1.54) is 0 Å². The molecular formula is C12H21NO6. The summed E-state index contributed by atoms with van der Waals surface area (Å²) >= 11 is 0. The van der Waals surface area contributed by atoms with Crippen molar-refractivity contribution < 1.29 is 28.9 Å². The standard InChI is InChI=1S/C12H21NO6/c1-11(2)15-5-6(17-11)7-8-9(10(13-14)16-7)19-12(3,4)18-8/h6-10,13-14H,5H2,1-4H3/t6-,7+,8-,9-,10-/m1/s1. The third-order valence-electron chi connectivity index (χ3n) is 3.61. The van der Waals surface area contributed by atoms with Gasteiger partial charge in [-0.25, -0.2) is 0 Å². The van der Waals surface area contributed by atoms with Crippen LogP contribution in [-0.2, 0) is 23.7 Å². The van der Waals surface area contributed by atoms with Gasteiger partial charge in [-0.05, 0) is 27.7 Å². The second-order valence-electron chi connectivity index (χ2n) is 6.08. The van der Waals surface area contributed by atoms with E-state index in [2.05, 4.69) is 5.48 Å². The molecule has 0 aromatic carbocycles. The molecule has 0 spiro atoms. The first-order valence-corrected chi connectivity index (χ1v) is 6.54. The Kier molecular flexibility index (Phi) is 3.14. The van der Waals surface area contributed by atoms with Crippen LogP contribution < -0.4 is 5.48 Å². The van der Waals surface area contributed by atoms with Gasteiger partial charge in [-0.2, -0.15) is 5.48 Å². The molecule has 3 saturated heterocycles. The number of hydrogen-bond acceptors (Lipinski definition) is 7. The first kappa shape index (κ1) is 13.7. The van der Waals surface area contributed by atoms with Gasteiger partial charge in [0.25, 0.3) is 0 Å². The van der Waals surface area contributed by atoms with E-state index in [1.807, 2.05) is 27.7 Å². The van der Waals surface area contributed by atoms with Crippen molar-refractivity contribution >= 4 is 0 Å². The topological polar surface area (TPSA) is 78.4 Å². The van der Waals surface area contributed by atoms with Crippen LogP contribution in [-0.4, -0.2) is 54.0 Å². The van der Waals surface area contributed by atoms with E-state index in [9.17, 15) is 0 Å². The average molecular weight is 275 g/mol. The Morgan fingerprint density at radius 3 is 2.21 bits per heavy atom. The van der Waals surface area contributed by atoms with Crippen LogP contribution in [0.1, 0.15) is 27.7 Å². The van der Waals surface area contributed by atoms with Gasteiger partial charge < -0.3 is 28.9 Å². The fourth-order valence-corrected chi connectivity index (χ4v) is 2.91. The molecule has 2 N–H and O–H groups in total. The molecule has 7 nitrogen and oxygen atoms in total. The highest BCUT2D eigenvalue weighted by molar-refractivity contribution is 5.00. The number of rotatable bonds is 2. The van der Waals surface area contributed by atoms with Gasteiger partial charge in [0, 0.05) is 0 Å². The SMILES string of the molecule is CC1(C)O[C@H]2[C@@H](O1)[C@H](NO)O[C@H]2[C@H]1COC(C)(C)O1. The lowest BCUT2D eigenvalue weighted by Crippen LogP contribution is -2.40. The van der Waals surface area contributed by atoms with Gasteiger partial charge in [0.15, 0.2) is 17.8 Å². The summed E-state index contributed by atoms with van der Waals surface area (Å²) in [7, 11) is 0. The van der Waals surface area contributed by atoms with E-state index >= 15 is 0 Å². The molecule has 3 aliphatic rings. The molecular weight excluding hydrogens is 254 g/mol. The highest BCUT2D eigenvalue weighted by atomic mass is 16.8. The van der Waals surface area contributed by atoms with E-state index in [0.29, 0.717) is 6.61 Å². The van der Waals surface area contributed by atoms with Crippen molar-refractivity contribution in [3.63, 3.8) is 0 Å². The quantitative estimate of drug-likeness (QED) is 0.704. The molecule has 3 heterocycles. The highest BCUT2D eigenvalue weighted by Gasteiger charge is 2.58. The lowest BCUT2D eigenvalue weighted by molar-refractivity contribution is -0.218. The Balaban J connectivity index is 1.76. The molecule has 0 bridgehead atoms. The van der Waals surface area contributed by atoms with Crippen molar-refractivity contribution in [2.75, 3.05) is 6.61 Å². The predicted molar refractivity (Wildman–Crippen MR) is 62.3 cm³/mol. The van der Waals surface area contributed by atoms with Crippen LogP contribution in [0.2, 0.25) is 0 Å². The van der Waals surface area contributed by atoms with Gasteiger partial charge >= 0.3 is 0 Å². The molecule has 110 valence electrons. The normalized spacial score (nSPS) is 47.5. The minimum atomic E-state index is -0.693. The predicted octanol–water partition coefficient (Wildman–Crippen LogP) is 0.362.